The standard InChI is InChI=1S/C21H22ClN3O2/c1-14(26)24-10-8-15-12-16(6-7-19(15)24)21(27)25-11-9-23-13-20(25)17-4-2-3-5-18(17)22/h2-7,12,20,23H,8-11,13H2,1H3. The predicted octanol–water partition coefficient (Wildman–Crippen LogP) is 3.04. The quantitative estimate of drug-likeness (QED) is 0.867. The molecule has 2 aromatic carbocycles. The van der Waals surface area contributed by atoms with Crippen molar-refractivity contribution in [1.29, 1.82) is 0 Å². The van der Waals surface area contributed by atoms with Crippen LogP contribution in [0.1, 0.15) is 34.5 Å². The van der Waals surface area contributed by atoms with Crippen LogP contribution in [-0.4, -0.2) is 42.9 Å². The normalized spacial score (nSPS) is 19.1. The van der Waals surface area contributed by atoms with Crippen LogP contribution in [0.25, 0.3) is 0 Å². The number of benzene rings is 2. The predicted molar refractivity (Wildman–Crippen MR) is 106 cm³/mol. The summed E-state index contributed by atoms with van der Waals surface area (Å²) in [7, 11) is 0. The zero-order valence-electron chi connectivity index (χ0n) is 15.2. The van der Waals surface area contributed by atoms with Gasteiger partial charge in [0.15, 0.2) is 0 Å². The third kappa shape index (κ3) is 3.33. The molecule has 1 N–H and O–H groups in total. The molecule has 6 heteroatoms. The average Bonchev–Trinajstić information content (AvgIpc) is 3.11. The number of hydrogen-bond donors (Lipinski definition) is 1. The van der Waals surface area contributed by atoms with Crippen molar-refractivity contribution in [2.75, 3.05) is 31.1 Å². The summed E-state index contributed by atoms with van der Waals surface area (Å²) in [6, 6.07) is 13.2. The van der Waals surface area contributed by atoms with Crippen molar-refractivity contribution in [1.82, 2.24) is 10.2 Å². The Bertz CT molecular complexity index is 899. The van der Waals surface area contributed by atoms with Crippen molar-refractivity contribution in [2.45, 2.75) is 19.4 Å². The molecule has 1 unspecified atom stereocenters. The first-order chi connectivity index (χ1) is 13.1. The molecular formula is C21H22ClN3O2. The van der Waals surface area contributed by atoms with Crippen molar-refractivity contribution in [3.8, 4) is 0 Å². The zero-order valence-corrected chi connectivity index (χ0v) is 16.0. The number of fused-ring (bicyclic) bond motifs is 1. The highest BCUT2D eigenvalue weighted by atomic mass is 35.5. The van der Waals surface area contributed by atoms with Crippen LogP contribution in [0.5, 0.6) is 0 Å². The van der Waals surface area contributed by atoms with E-state index >= 15 is 0 Å². The van der Waals surface area contributed by atoms with Crippen LogP contribution < -0.4 is 10.2 Å². The summed E-state index contributed by atoms with van der Waals surface area (Å²) in [6.07, 6.45) is 0.783. The van der Waals surface area contributed by atoms with Crippen molar-refractivity contribution < 1.29 is 9.59 Å². The number of halogens is 1. The van der Waals surface area contributed by atoms with E-state index in [9.17, 15) is 9.59 Å². The number of hydrogen-bond acceptors (Lipinski definition) is 3. The number of nitrogens with one attached hydrogen (secondary N) is 1. The van der Waals surface area contributed by atoms with E-state index < -0.39 is 0 Å². The second-order valence-electron chi connectivity index (χ2n) is 7.00. The first kappa shape index (κ1) is 18.0. The highest BCUT2D eigenvalue weighted by Gasteiger charge is 2.31. The van der Waals surface area contributed by atoms with E-state index in [1.165, 1.54) is 0 Å². The van der Waals surface area contributed by atoms with Gasteiger partial charge in [-0.1, -0.05) is 29.8 Å². The van der Waals surface area contributed by atoms with Crippen molar-refractivity contribution in [3.63, 3.8) is 0 Å². The highest BCUT2D eigenvalue weighted by Crippen LogP contribution is 2.32. The minimum Gasteiger partial charge on any atom is -0.329 e. The van der Waals surface area contributed by atoms with E-state index in [1.54, 1.807) is 11.8 Å². The molecule has 4 rings (SSSR count). The zero-order chi connectivity index (χ0) is 19.0. The molecular weight excluding hydrogens is 362 g/mol. The molecule has 27 heavy (non-hydrogen) atoms. The second-order valence-corrected chi connectivity index (χ2v) is 7.41. The number of nitrogens with zero attached hydrogens (tertiary/aromatic N) is 2. The molecule has 1 fully saturated rings. The molecule has 0 aliphatic carbocycles. The van der Waals surface area contributed by atoms with Gasteiger partial charge in [0.25, 0.3) is 5.91 Å². The molecule has 1 atom stereocenters. The van der Waals surface area contributed by atoms with Gasteiger partial charge in [-0.2, -0.15) is 0 Å². The van der Waals surface area contributed by atoms with Crippen LogP contribution >= 0.6 is 11.6 Å². The topological polar surface area (TPSA) is 52.7 Å². The fourth-order valence-corrected chi connectivity index (χ4v) is 4.26. The maximum Gasteiger partial charge on any atom is 0.254 e. The fraction of sp³-hybridized carbons (Fsp3) is 0.333. The molecule has 2 heterocycles. The molecule has 2 aliphatic heterocycles. The summed E-state index contributed by atoms with van der Waals surface area (Å²) < 4.78 is 0. The summed E-state index contributed by atoms with van der Waals surface area (Å²) in [5.41, 5.74) is 3.60. The summed E-state index contributed by atoms with van der Waals surface area (Å²) in [6.45, 7) is 4.32. The van der Waals surface area contributed by atoms with E-state index in [2.05, 4.69) is 5.32 Å². The van der Waals surface area contributed by atoms with Gasteiger partial charge in [-0.15, -0.1) is 0 Å². The van der Waals surface area contributed by atoms with Gasteiger partial charge in [0.1, 0.15) is 0 Å². The van der Waals surface area contributed by atoms with Gasteiger partial charge in [0.05, 0.1) is 6.04 Å². The molecule has 2 aliphatic rings. The number of amides is 2. The van der Waals surface area contributed by atoms with E-state index in [0.717, 1.165) is 29.8 Å². The number of anilines is 1. The molecule has 140 valence electrons. The van der Waals surface area contributed by atoms with Gasteiger partial charge < -0.3 is 15.1 Å². The van der Waals surface area contributed by atoms with Crippen LogP contribution in [0.15, 0.2) is 42.5 Å². The van der Waals surface area contributed by atoms with Gasteiger partial charge in [-0.05, 0) is 41.8 Å². The summed E-state index contributed by atoms with van der Waals surface area (Å²) in [4.78, 5) is 28.7. The lowest BCUT2D eigenvalue weighted by Gasteiger charge is -2.37. The number of piperazine rings is 1. The van der Waals surface area contributed by atoms with Crippen LogP contribution in [0.4, 0.5) is 5.69 Å². The van der Waals surface area contributed by atoms with Gasteiger partial charge in [-0.25, -0.2) is 0 Å². The Balaban J connectivity index is 1.63. The van der Waals surface area contributed by atoms with Crippen LogP contribution in [0.3, 0.4) is 0 Å². The molecule has 0 saturated carbocycles. The Morgan fingerprint density at radius 2 is 1.96 bits per heavy atom. The second kappa shape index (κ2) is 7.33. The molecule has 2 amide bonds. The van der Waals surface area contributed by atoms with E-state index in [4.69, 9.17) is 11.6 Å². The van der Waals surface area contributed by atoms with Gasteiger partial charge in [0, 0.05) is 49.4 Å². The molecule has 0 radical (unpaired) electrons. The van der Waals surface area contributed by atoms with Crippen molar-refractivity contribution in [3.05, 3.63) is 64.2 Å². The fourth-order valence-electron chi connectivity index (χ4n) is 4.00. The Labute approximate surface area is 163 Å². The average molecular weight is 384 g/mol. The molecule has 2 aromatic rings. The highest BCUT2D eigenvalue weighted by molar-refractivity contribution is 6.31. The number of rotatable bonds is 2. The molecule has 1 saturated heterocycles. The van der Waals surface area contributed by atoms with E-state index in [-0.39, 0.29) is 17.9 Å². The third-order valence-electron chi connectivity index (χ3n) is 5.37. The first-order valence-corrected chi connectivity index (χ1v) is 9.61. The summed E-state index contributed by atoms with van der Waals surface area (Å²) in [5.74, 6) is 0.0409. The summed E-state index contributed by atoms with van der Waals surface area (Å²) >= 11 is 6.39. The Morgan fingerprint density at radius 3 is 2.74 bits per heavy atom. The van der Waals surface area contributed by atoms with Crippen LogP contribution in [-0.2, 0) is 11.2 Å². The first-order valence-electron chi connectivity index (χ1n) is 9.23. The number of carbonyl (C=O) groups is 2. The molecule has 0 bridgehead atoms. The molecule has 0 aromatic heterocycles. The summed E-state index contributed by atoms with van der Waals surface area (Å²) in [5, 5.41) is 4.04. The Morgan fingerprint density at radius 1 is 1.15 bits per heavy atom. The molecule has 0 spiro atoms. The maximum absolute atomic E-state index is 13.3. The monoisotopic (exact) mass is 383 g/mol. The lowest BCUT2D eigenvalue weighted by molar-refractivity contribution is -0.116. The van der Waals surface area contributed by atoms with E-state index in [0.29, 0.717) is 30.2 Å². The van der Waals surface area contributed by atoms with Gasteiger partial charge >= 0.3 is 0 Å². The SMILES string of the molecule is CC(=O)N1CCc2cc(C(=O)N3CCNCC3c3ccccc3Cl)ccc21. The van der Waals surface area contributed by atoms with E-state index in [1.807, 2.05) is 47.4 Å². The van der Waals surface area contributed by atoms with Crippen molar-refractivity contribution >= 4 is 29.1 Å². The van der Waals surface area contributed by atoms with Crippen LogP contribution in [0.2, 0.25) is 5.02 Å². The number of carbonyl (C=O) groups excluding carboxylic acids is 2. The van der Waals surface area contributed by atoms with Crippen molar-refractivity contribution in [2.24, 2.45) is 0 Å². The minimum absolute atomic E-state index is 0.00509. The molecule has 5 nitrogen and oxygen atoms in total. The third-order valence-corrected chi connectivity index (χ3v) is 5.71. The Hall–Kier alpha value is -2.37. The smallest absolute Gasteiger partial charge is 0.254 e. The van der Waals surface area contributed by atoms with Gasteiger partial charge in [0.2, 0.25) is 5.91 Å². The van der Waals surface area contributed by atoms with Gasteiger partial charge in [-0.3, -0.25) is 9.59 Å². The lowest BCUT2D eigenvalue weighted by Crippen LogP contribution is -2.48. The van der Waals surface area contributed by atoms with Crippen LogP contribution in [0, 0.1) is 0 Å². The minimum atomic E-state index is -0.0954. The maximum atomic E-state index is 13.3. The largest absolute Gasteiger partial charge is 0.329 e. The Kier molecular flexibility index (Phi) is 4.89. The lowest BCUT2D eigenvalue weighted by atomic mass is 10.0.